The van der Waals surface area contributed by atoms with E-state index >= 15 is 0 Å². The maximum atomic E-state index is 13.4. The molecule has 1 aromatic carbocycles. The van der Waals surface area contributed by atoms with E-state index in [9.17, 15) is 13.6 Å². The van der Waals surface area contributed by atoms with Gasteiger partial charge in [0.15, 0.2) is 0 Å². The van der Waals surface area contributed by atoms with Gasteiger partial charge in [-0.25, -0.2) is 8.78 Å². The number of benzene rings is 1. The molecular weight excluding hydrogens is 286 g/mol. The van der Waals surface area contributed by atoms with E-state index in [2.05, 4.69) is 10.2 Å². The third-order valence-electron chi connectivity index (χ3n) is 5.41. The van der Waals surface area contributed by atoms with Gasteiger partial charge in [-0.2, -0.15) is 0 Å². The number of nitrogens with one attached hydrogen (secondary N) is 1. The molecule has 4 rings (SSSR count). The number of piperidine rings is 1. The largest absolute Gasteiger partial charge is 0.345 e. The summed E-state index contributed by atoms with van der Waals surface area (Å²) in [6, 6.07) is 4.07. The monoisotopic (exact) mass is 306 g/mol. The highest BCUT2D eigenvalue weighted by Gasteiger charge is 2.47. The summed E-state index contributed by atoms with van der Waals surface area (Å²) in [6.07, 6.45) is 5.18. The lowest BCUT2D eigenvalue weighted by atomic mass is 10.0. The predicted octanol–water partition coefficient (Wildman–Crippen LogP) is 2.55. The quantitative estimate of drug-likeness (QED) is 0.927. The maximum absolute atomic E-state index is 13.4. The SMILES string of the molecule is O=C(CN1C[C@H]2CC[C@@H]1C2)NC1(c2cc(F)cc(F)c2)CC1. The van der Waals surface area contributed by atoms with Crippen LogP contribution in [0.1, 0.15) is 37.7 Å². The molecule has 0 radical (unpaired) electrons. The second-order valence-electron chi connectivity index (χ2n) is 7.05. The lowest BCUT2D eigenvalue weighted by Crippen LogP contribution is -2.44. The molecule has 1 N–H and O–H groups in total. The fourth-order valence-corrected chi connectivity index (χ4v) is 4.15. The number of carbonyl (C=O) groups excluding carboxylic acids is 1. The molecule has 1 saturated heterocycles. The van der Waals surface area contributed by atoms with E-state index in [1.165, 1.54) is 31.4 Å². The summed E-state index contributed by atoms with van der Waals surface area (Å²) in [5, 5.41) is 3.01. The summed E-state index contributed by atoms with van der Waals surface area (Å²) in [5.74, 6) is -0.459. The predicted molar refractivity (Wildman–Crippen MR) is 78.1 cm³/mol. The number of hydrogen-bond acceptors (Lipinski definition) is 2. The summed E-state index contributed by atoms with van der Waals surface area (Å²) < 4.78 is 26.8. The Balaban J connectivity index is 1.42. The average Bonchev–Trinajstić information content (AvgIpc) is 2.92. The molecule has 3 aliphatic rings. The zero-order chi connectivity index (χ0) is 15.3. The van der Waals surface area contributed by atoms with Crippen LogP contribution in [0.3, 0.4) is 0 Å². The van der Waals surface area contributed by atoms with Crippen LogP contribution in [0.4, 0.5) is 8.78 Å². The first-order chi connectivity index (χ1) is 10.5. The molecule has 0 spiro atoms. The zero-order valence-corrected chi connectivity index (χ0v) is 12.4. The Labute approximate surface area is 128 Å². The Morgan fingerprint density at radius 2 is 1.95 bits per heavy atom. The van der Waals surface area contributed by atoms with E-state index in [-0.39, 0.29) is 5.91 Å². The van der Waals surface area contributed by atoms with Crippen molar-refractivity contribution < 1.29 is 13.6 Å². The fraction of sp³-hybridized carbons (Fsp3) is 0.588. The average molecular weight is 306 g/mol. The second-order valence-corrected chi connectivity index (χ2v) is 7.05. The van der Waals surface area contributed by atoms with Crippen LogP contribution in [-0.2, 0) is 10.3 Å². The molecule has 22 heavy (non-hydrogen) atoms. The molecule has 1 aliphatic heterocycles. The van der Waals surface area contributed by atoms with Gasteiger partial charge in [-0.15, -0.1) is 0 Å². The molecule has 0 unspecified atom stereocenters. The van der Waals surface area contributed by atoms with E-state index in [4.69, 9.17) is 0 Å². The Hall–Kier alpha value is -1.49. The van der Waals surface area contributed by atoms with Crippen LogP contribution in [0, 0.1) is 17.6 Å². The van der Waals surface area contributed by atoms with Gasteiger partial charge in [0, 0.05) is 18.7 Å². The molecule has 1 aromatic rings. The smallest absolute Gasteiger partial charge is 0.234 e. The minimum atomic E-state index is -0.590. The van der Waals surface area contributed by atoms with Crippen LogP contribution in [0.25, 0.3) is 0 Å². The Bertz CT molecular complexity index is 594. The highest BCUT2D eigenvalue weighted by Crippen LogP contribution is 2.46. The molecule has 1 heterocycles. The lowest BCUT2D eigenvalue weighted by molar-refractivity contribution is -0.123. The summed E-state index contributed by atoms with van der Waals surface area (Å²) >= 11 is 0. The van der Waals surface area contributed by atoms with Crippen molar-refractivity contribution in [2.24, 2.45) is 5.92 Å². The van der Waals surface area contributed by atoms with E-state index in [0.717, 1.165) is 31.4 Å². The summed E-state index contributed by atoms with van der Waals surface area (Å²) in [7, 11) is 0. The first kappa shape index (κ1) is 14.1. The number of rotatable bonds is 4. The van der Waals surface area contributed by atoms with Gasteiger partial charge < -0.3 is 5.32 Å². The number of fused-ring (bicyclic) bond motifs is 2. The number of halogens is 2. The highest BCUT2D eigenvalue weighted by molar-refractivity contribution is 5.79. The molecule has 5 heteroatoms. The van der Waals surface area contributed by atoms with Crippen molar-refractivity contribution in [2.45, 2.75) is 43.7 Å². The van der Waals surface area contributed by atoms with Crippen molar-refractivity contribution in [3.8, 4) is 0 Å². The van der Waals surface area contributed by atoms with Gasteiger partial charge in [0.1, 0.15) is 11.6 Å². The first-order valence-electron chi connectivity index (χ1n) is 8.06. The Morgan fingerprint density at radius 3 is 2.50 bits per heavy atom. The highest BCUT2D eigenvalue weighted by atomic mass is 19.1. The minimum Gasteiger partial charge on any atom is -0.345 e. The molecule has 118 valence electrons. The van der Waals surface area contributed by atoms with Gasteiger partial charge in [-0.1, -0.05) is 0 Å². The van der Waals surface area contributed by atoms with E-state index in [0.29, 0.717) is 18.2 Å². The van der Waals surface area contributed by atoms with Crippen molar-refractivity contribution in [2.75, 3.05) is 13.1 Å². The standard InChI is InChI=1S/C17H20F2N2O/c18-13-6-12(7-14(19)8-13)17(3-4-17)20-16(22)10-21-9-11-1-2-15(21)5-11/h6-8,11,15H,1-5,9-10H2,(H,20,22)/t11-,15+/m0/s1. The lowest BCUT2D eigenvalue weighted by Gasteiger charge is -2.27. The molecule has 2 saturated carbocycles. The topological polar surface area (TPSA) is 32.3 Å². The van der Waals surface area contributed by atoms with Gasteiger partial charge in [-0.3, -0.25) is 9.69 Å². The number of nitrogens with zero attached hydrogens (tertiary/aromatic N) is 1. The number of hydrogen-bond donors (Lipinski definition) is 1. The summed E-state index contributed by atoms with van der Waals surface area (Å²) in [4.78, 5) is 14.6. The van der Waals surface area contributed by atoms with Crippen molar-refractivity contribution >= 4 is 5.91 Å². The van der Waals surface area contributed by atoms with E-state index in [1.807, 2.05) is 0 Å². The van der Waals surface area contributed by atoms with Crippen molar-refractivity contribution in [3.05, 3.63) is 35.4 Å². The van der Waals surface area contributed by atoms with E-state index in [1.54, 1.807) is 0 Å². The number of carbonyl (C=O) groups is 1. The van der Waals surface area contributed by atoms with Crippen LogP contribution in [0.5, 0.6) is 0 Å². The zero-order valence-electron chi connectivity index (χ0n) is 12.4. The van der Waals surface area contributed by atoms with Crippen LogP contribution >= 0.6 is 0 Å². The van der Waals surface area contributed by atoms with Crippen LogP contribution in [0.15, 0.2) is 18.2 Å². The van der Waals surface area contributed by atoms with Crippen LogP contribution in [-0.4, -0.2) is 29.9 Å². The van der Waals surface area contributed by atoms with Crippen LogP contribution in [0.2, 0.25) is 0 Å². The van der Waals surface area contributed by atoms with E-state index < -0.39 is 17.2 Å². The van der Waals surface area contributed by atoms with Gasteiger partial charge in [0.2, 0.25) is 5.91 Å². The van der Waals surface area contributed by atoms with Crippen molar-refractivity contribution in [1.29, 1.82) is 0 Å². The second kappa shape index (κ2) is 5.01. The molecule has 3 fully saturated rings. The van der Waals surface area contributed by atoms with Crippen molar-refractivity contribution in [3.63, 3.8) is 0 Å². The normalized spacial score (nSPS) is 28.8. The molecule has 1 amide bonds. The third kappa shape index (κ3) is 2.51. The molecule has 3 nitrogen and oxygen atoms in total. The molecule has 2 aliphatic carbocycles. The molecular formula is C17H20F2N2O. The summed E-state index contributed by atoms with van der Waals surface area (Å²) in [5.41, 5.74) is -0.0139. The number of amides is 1. The Kier molecular flexibility index (Phi) is 3.22. The minimum absolute atomic E-state index is 0.0327. The van der Waals surface area contributed by atoms with Gasteiger partial charge in [0.25, 0.3) is 0 Å². The number of likely N-dealkylation sites (tertiary alicyclic amines) is 1. The Morgan fingerprint density at radius 1 is 1.23 bits per heavy atom. The van der Waals surface area contributed by atoms with Crippen LogP contribution < -0.4 is 5.32 Å². The van der Waals surface area contributed by atoms with Gasteiger partial charge >= 0.3 is 0 Å². The van der Waals surface area contributed by atoms with Crippen molar-refractivity contribution in [1.82, 2.24) is 10.2 Å². The first-order valence-corrected chi connectivity index (χ1v) is 8.06. The van der Waals surface area contributed by atoms with Gasteiger partial charge in [-0.05, 0) is 55.7 Å². The fourth-order valence-electron chi connectivity index (χ4n) is 4.15. The molecule has 2 atom stereocenters. The maximum Gasteiger partial charge on any atom is 0.234 e. The molecule has 2 bridgehead atoms. The summed E-state index contributed by atoms with van der Waals surface area (Å²) in [6.45, 7) is 1.42. The molecule has 0 aromatic heterocycles. The van der Waals surface area contributed by atoms with Gasteiger partial charge in [0.05, 0.1) is 12.1 Å². The third-order valence-corrected chi connectivity index (χ3v) is 5.41.